The van der Waals surface area contributed by atoms with Crippen LogP contribution < -0.4 is 4.74 Å². The van der Waals surface area contributed by atoms with E-state index in [0.717, 1.165) is 33.8 Å². The average molecular weight is 455 g/mol. The first kappa shape index (κ1) is 21.0. The lowest BCUT2D eigenvalue weighted by atomic mass is 10.1. The van der Waals surface area contributed by atoms with Crippen molar-refractivity contribution in [2.45, 2.75) is 24.5 Å². The summed E-state index contributed by atoms with van der Waals surface area (Å²) in [4.78, 5) is 0. The van der Waals surface area contributed by atoms with Gasteiger partial charge in [0.1, 0.15) is 5.75 Å². The first-order chi connectivity index (χ1) is 16.2. The summed E-state index contributed by atoms with van der Waals surface area (Å²) in [5.41, 5.74) is 5.25. The van der Waals surface area contributed by atoms with E-state index in [9.17, 15) is 0 Å². The van der Waals surface area contributed by atoms with Crippen LogP contribution in [-0.4, -0.2) is 20.0 Å². The molecule has 2 aromatic heterocycles. The number of aromatic nitrogens is 4. The molecule has 3 aromatic carbocycles. The molecule has 0 N–H and O–H groups in total. The van der Waals surface area contributed by atoms with Gasteiger partial charge in [-0.25, -0.2) is 4.68 Å². The molecule has 0 unspecified atom stereocenters. The molecule has 0 saturated carbocycles. The second-order valence-electron chi connectivity index (χ2n) is 7.50. The first-order valence-corrected chi connectivity index (χ1v) is 11.6. The summed E-state index contributed by atoms with van der Waals surface area (Å²) in [6.45, 7) is 2.26. The van der Waals surface area contributed by atoms with Gasteiger partial charge in [-0.05, 0) is 36.8 Å². The van der Waals surface area contributed by atoms with Crippen molar-refractivity contribution in [3.05, 3.63) is 108 Å². The topological polar surface area (TPSA) is 66.0 Å². The second kappa shape index (κ2) is 9.75. The van der Waals surface area contributed by atoms with Crippen molar-refractivity contribution in [3.63, 3.8) is 0 Å². The number of nitrogens with zero attached hydrogens (tertiary/aromatic N) is 4. The Kier molecular flexibility index (Phi) is 6.21. The number of benzene rings is 3. The molecule has 0 amide bonds. The van der Waals surface area contributed by atoms with Crippen LogP contribution in [0.2, 0.25) is 0 Å². The molecule has 0 aliphatic rings. The molecule has 5 rings (SSSR count). The van der Waals surface area contributed by atoms with Gasteiger partial charge in [0.15, 0.2) is 6.61 Å². The maximum Gasteiger partial charge on any atom is 0.277 e. The number of thioether (sulfide) groups is 1. The molecule has 0 bridgehead atoms. The molecule has 0 radical (unpaired) electrons. The molecule has 2 heterocycles. The minimum absolute atomic E-state index is 0.234. The molecular formula is C26H22N4O2S. The van der Waals surface area contributed by atoms with Crippen molar-refractivity contribution >= 4 is 11.8 Å². The zero-order valence-corrected chi connectivity index (χ0v) is 18.9. The lowest BCUT2D eigenvalue weighted by Gasteiger charge is -2.03. The van der Waals surface area contributed by atoms with Gasteiger partial charge in [-0.1, -0.05) is 72.4 Å². The van der Waals surface area contributed by atoms with Gasteiger partial charge in [-0.3, -0.25) is 0 Å². The Morgan fingerprint density at radius 3 is 2.48 bits per heavy atom. The third-order valence-electron chi connectivity index (χ3n) is 5.01. The zero-order valence-electron chi connectivity index (χ0n) is 18.1. The first-order valence-electron chi connectivity index (χ1n) is 10.6. The number of ether oxygens (including phenoxy) is 1. The third kappa shape index (κ3) is 5.15. The van der Waals surface area contributed by atoms with Crippen molar-refractivity contribution in [1.82, 2.24) is 20.0 Å². The van der Waals surface area contributed by atoms with Crippen LogP contribution in [-0.2, 0) is 12.4 Å². The van der Waals surface area contributed by atoms with Gasteiger partial charge in [0.25, 0.3) is 11.1 Å². The SMILES string of the molecule is Cc1cccc(OCc2nnc(SCc3cn(-c4ccccc4)nc3-c3ccccc3)o2)c1. The van der Waals surface area contributed by atoms with E-state index in [1.807, 2.05) is 84.4 Å². The highest BCUT2D eigenvalue weighted by Gasteiger charge is 2.15. The molecule has 0 aliphatic carbocycles. The van der Waals surface area contributed by atoms with Gasteiger partial charge in [-0.2, -0.15) is 5.10 Å². The van der Waals surface area contributed by atoms with E-state index in [1.165, 1.54) is 11.8 Å². The van der Waals surface area contributed by atoms with Crippen molar-refractivity contribution < 1.29 is 9.15 Å². The summed E-state index contributed by atoms with van der Waals surface area (Å²) in [7, 11) is 0. The van der Waals surface area contributed by atoms with Crippen LogP contribution in [0.4, 0.5) is 0 Å². The van der Waals surface area contributed by atoms with Crippen LogP contribution in [0.3, 0.4) is 0 Å². The highest BCUT2D eigenvalue weighted by Crippen LogP contribution is 2.29. The number of hydrogen-bond acceptors (Lipinski definition) is 6. The van der Waals surface area contributed by atoms with Gasteiger partial charge >= 0.3 is 0 Å². The van der Waals surface area contributed by atoms with Crippen LogP contribution in [0.25, 0.3) is 16.9 Å². The van der Waals surface area contributed by atoms with E-state index in [4.69, 9.17) is 14.3 Å². The van der Waals surface area contributed by atoms with Crippen molar-refractivity contribution in [2.75, 3.05) is 0 Å². The summed E-state index contributed by atoms with van der Waals surface area (Å²) < 4.78 is 13.5. The Labute approximate surface area is 196 Å². The van der Waals surface area contributed by atoms with Crippen molar-refractivity contribution in [3.8, 4) is 22.7 Å². The lowest BCUT2D eigenvalue weighted by molar-refractivity contribution is 0.252. The number of hydrogen-bond donors (Lipinski definition) is 0. The number of para-hydroxylation sites is 1. The summed E-state index contributed by atoms with van der Waals surface area (Å²) in [6.07, 6.45) is 2.06. The molecule has 0 aliphatic heterocycles. The fourth-order valence-corrected chi connectivity index (χ4v) is 4.16. The summed E-state index contributed by atoms with van der Waals surface area (Å²) in [5, 5.41) is 13.6. The Morgan fingerprint density at radius 1 is 0.909 bits per heavy atom. The number of rotatable bonds is 8. The molecule has 0 fully saturated rings. The maximum atomic E-state index is 5.78. The van der Waals surface area contributed by atoms with Gasteiger partial charge < -0.3 is 9.15 Å². The highest BCUT2D eigenvalue weighted by atomic mass is 32.2. The predicted molar refractivity (Wildman–Crippen MR) is 128 cm³/mol. The standard InChI is InChI=1S/C26H22N4O2S/c1-19-9-8-14-23(15-19)31-17-24-27-28-26(32-24)33-18-21-16-30(22-12-6-3-7-13-22)29-25(21)20-10-4-2-5-11-20/h2-16H,17-18H2,1H3. The molecular weight excluding hydrogens is 432 g/mol. The molecule has 33 heavy (non-hydrogen) atoms. The Morgan fingerprint density at radius 2 is 1.70 bits per heavy atom. The fraction of sp³-hybridized carbons (Fsp3) is 0.115. The summed E-state index contributed by atoms with van der Waals surface area (Å²) >= 11 is 1.49. The molecule has 0 atom stereocenters. The van der Waals surface area contributed by atoms with Gasteiger partial charge in [0, 0.05) is 23.1 Å². The number of aryl methyl sites for hydroxylation is 1. The zero-order chi connectivity index (χ0) is 22.5. The van der Waals surface area contributed by atoms with Gasteiger partial charge in [0.2, 0.25) is 0 Å². The van der Waals surface area contributed by atoms with E-state index in [-0.39, 0.29) is 6.61 Å². The van der Waals surface area contributed by atoms with Gasteiger partial charge in [0.05, 0.1) is 11.4 Å². The molecule has 164 valence electrons. The fourth-order valence-electron chi connectivity index (χ4n) is 3.41. The molecule has 0 saturated heterocycles. The largest absolute Gasteiger partial charge is 0.484 e. The minimum Gasteiger partial charge on any atom is -0.484 e. The third-order valence-corrected chi connectivity index (χ3v) is 5.88. The molecule has 7 heteroatoms. The Balaban J connectivity index is 1.31. The van der Waals surface area contributed by atoms with Crippen LogP contribution in [0.15, 0.2) is 101 Å². The monoisotopic (exact) mass is 454 g/mol. The second-order valence-corrected chi connectivity index (χ2v) is 8.43. The van der Waals surface area contributed by atoms with Crippen LogP contribution in [0.1, 0.15) is 17.0 Å². The van der Waals surface area contributed by atoms with Crippen LogP contribution in [0, 0.1) is 6.92 Å². The minimum atomic E-state index is 0.234. The van der Waals surface area contributed by atoms with Crippen LogP contribution >= 0.6 is 11.8 Å². The Bertz CT molecular complexity index is 1330. The van der Waals surface area contributed by atoms with E-state index < -0.39 is 0 Å². The summed E-state index contributed by atoms with van der Waals surface area (Å²) in [5.74, 6) is 1.88. The predicted octanol–water partition coefficient (Wildman–Crippen LogP) is 6.10. The van der Waals surface area contributed by atoms with E-state index in [2.05, 4.69) is 28.5 Å². The smallest absolute Gasteiger partial charge is 0.277 e. The molecule has 0 spiro atoms. The molecule has 5 aromatic rings. The molecule has 6 nitrogen and oxygen atoms in total. The van der Waals surface area contributed by atoms with E-state index >= 15 is 0 Å². The highest BCUT2D eigenvalue weighted by molar-refractivity contribution is 7.98. The Hall–Kier alpha value is -3.84. The normalized spacial score (nSPS) is 10.9. The van der Waals surface area contributed by atoms with Crippen molar-refractivity contribution in [1.29, 1.82) is 0 Å². The van der Waals surface area contributed by atoms with E-state index in [1.54, 1.807) is 0 Å². The van der Waals surface area contributed by atoms with Crippen molar-refractivity contribution in [2.24, 2.45) is 0 Å². The quantitative estimate of drug-likeness (QED) is 0.264. The van der Waals surface area contributed by atoms with Crippen LogP contribution in [0.5, 0.6) is 5.75 Å². The van der Waals surface area contributed by atoms with E-state index in [0.29, 0.717) is 16.9 Å². The lowest BCUT2D eigenvalue weighted by Crippen LogP contribution is -1.95. The average Bonchev–Trinajstić information content (AvgIpc) is 3.50. The maximum absolute atomic E-state index is 5.78. The van der Waals surface area contributed by atoms with Gasteiger partial charge in [-0.15, -0.1) is 10.2 Å². The summed E-state index contributed by atoms with van der Waals surface area (Å²) in [6, 6.07) is 28.1.